The number of unbranched alkanes of at least 4 members (excludes halogenated alkanes) is 2. The van der Waals surface area contributed by atoms with Crippen molar-refractivity contribution in [2.75, 3.05) is 73.9 Å². The number of benzene rings is 4. The van der Waals surface area contributed by atoms with E-state index in [0.29, 0.717) is 43.1 Å². The van der Waals surface area contributed by atoms with Gasteiger partial charge in [-0.3, -0.25) is 38.6 Å². The van der Waals surface area contributed by atoms with Gasteiger partial charge in [-0.25, -0.2) is 0 Å². The molecule has 2 aliphatic heterocycles. The van der Waals surface area contributed by atoms with E-state index in [4.69, 9.17) is 4.74 Å². The summed E-state index contributed by atoms with van der Waals surface area (Å²) < 4.78 is 5.11. The first-order valence-electron chi connectivity index (χ1n) is 23.4. The molecule has 73 heavy (non-hydrogen) atoms. The van der Waals surface area contributed by atoms with E-state index in [1.165, 1.54) is 26.0 Å². The lowest BCUT2D eigenvalue weighted by Gasteiger charge is -2.22. The molecule has 2 N–H and O–H groups in total. The Morgan fingerprint density at radius 3 is 1.41 bits per heavy atom. The molecule has 0 fully saturated rings. The molecule has 21 heteroatoms. The fourth-order valence-corrected chi connectivity index (χ4v) is 7.90. The third-order valence-corrected chi connectivity index (χ3v) is 11.7. The molecule has 0 saturated heterocycles. The number of fused-ring (bicyclic) bond motifs is 2. The lowest BCUT2D eigenvalue weighted by molar-refractivity contribution is -0.115. The number of carbonyl (C=O) groups is 6. The maximum atomic E-state index is 13.0. The van der Waals surface area contributed by atoms with Crippen LogP contribution in [-0.2, 0) is 14.3 Å². The third kappa shape index (κ3) is 12.1. The van der Waals surface area contributed by atoms with Gasteiger partial charge in [-0.05, 0) is 75.2 Å². The molecule has 2 aliphatic rings. The first kappa shape index (κ1) is 54.8. The molecule has 0 atom stereocenters. The molecule has 0 bridgehead atoms. The SMILES string of the molecule is CCCCN1C(=O)c2cc(C#N)c(N=Nc3ccc(N(C)CCOC)cc3NC(C)=O)c(C#N)c2C1=O.CCCCN1C(=O)c2cc(C#N)c(N=Nc3ccc(N(CC)CC)cc3NC(C)=O)c(C#N)c2C1=O. The van der Waals surface area contributed by atoms with Gasteiger partial charge >= 0.3 is 0 Å². The number of anilines is 4. The summed E-state index contributed by atoms with van der Waals surface area (Å²) in [6.07, 6.45) is 2.80. The molecular weight excluding hydrogens is 933 g/mol. The summed E-state index contributed by atoms with van der Waals surface area (Å²) in [7, 11) is 3.48. The maximum Gasteiger partial charge on any atom is 0.262 e. The maximum absolute atomic E-state index is 13.0. The largest absolute Gasteiger partial charge is 0.383 e. The van der Waals surface area contributed by atoms with Crippen LogP contribution >= 0.6 is 0 Å². The Morgan fingerprint density at radius 1 is 0.616 bits per heavy atom. The predicted molar refractivity (Wildman–Crippen MR) is 271 cm³/mol. The summed E-state index contributed by atoms with van der Waals surface area (Å²) in [5.74, 6) is -2.85. The van der Waals surface area contributed by atoms with Crippen molar-refractivity contribution < 1.29 is 33.5 Å². The molecule has 4 aromatic carbocycles. The van der Waals surface area contributed by atoms with E-state index < -0.39 is 23.6 Å². The summed E-state index contributed by atoms with van der Waals surface area (Å²) in [6.45, 7) is 13.8. The topological polar surface area (TPSA) is 293 Å². The van der Waals surface area contributed by atoms with E-state index in [0.717, 1.165) is 47.1 Å². The molecule has 0 unspecified atom stereocenters. The highest BCUT2D eigenvalue weighted by atomic mass is 16.5. The van der Waals surface area contributed by atoms with Crippen molar-refractivity contribution in [2.24, 2.45) is 20.5 Å². The molecule has 0 spiro atoms. The number of hydrogen-bond acceptors (Lipinski definition) is 17. The fraction of sp³-hybridized carbons (Fsp3) is 0.346. The van der Waals surface area contributed by atoms with Gasteiger partial charge in [0.15, 0.2) is 0 Å². The molecular formula is C52H54N14O7. The van der Waals surface area contributed by atoms with Crippen LogP contribution in [0.2, 0.25) is 0 Å². The number of methoxy groups -OCH3 is 1. The number of ether oxygens (including phenoxy) is 1. The van der Waals surface area contributed by atoms with Crippen LogP contribution in [0, 0.1) is 45.3 Å². The standard InChI is InChI=1S/C26H27N7O4.C26H27N7O3/c1-5-6-9-33-25(35)19-12-17(14-27)24(20(15-28)23(19)26(33)36)31-30-21-8-7-18(32(3)10-11-37-4)13-22(21)29-16(2)34;1-5-8-11-33-25(35)19-12-17(14-27)24(20(15-28)23(19)26(33)36)31-30-21-10-9-18(32(6-2)7-3)13-22(21)29-16(4)34/h7-8,12-13H,5-6,9-11H2,1-4H3,(H,29,34);9-10,12-13H,5-8,11H2,1-4H3,(H,29,34). The van der Waals surface area contributed by atoms with Gasteiger partial charge in [-0.1, -0.05) is 26.7 Å². The van der Waals surface area contributed by atoms with Crippen molar-refractivity contribution >= 4 is 80.9 Å². The molecule has 374 valence electrons. The molecule has 2 heterocycles. The van der Waals surface area contributed by atoms with Crippen LogP contribution in [0.4, 0.5) is 45.5 Å². The Morgan fingerprint density at radius 2 is 1.04 bits per heavy atom. The summed E-state index contributed by atoms with van der Waals surface area (Å²) in [5.41, 5.74) is 2.24. The van der Waals surface area contributed by atoms with E-state index in [-0.39, 0.29) is 86.5 Å². The number of nitrogens with zero attached hydrogens (tertiary/aromatic N) is 12. The van der Waals surface area contributed by atoms with Gasteiger partial charge in [0, 0.05) is 72.1 Å². The Bertz CT molecular complexity index is 3100. The van der Waals surface area contributed by atoms with Crippen LogP contribution in [-0.4, -0.2) is 98.7 Å². The minimum absolute atomic E-state index is 0.00976. The average molecular weight is 987 g/mol. The smallest absolute Gasteiger partial charge is 0.262 e. The van der Waals surface area contributed by atoms with Gasteiger partial charge in [0.25, 0.3) is 23.6 Å². The first-order chi connectivity index (χ1) is 35.1. The van der Waals surface area contributed by atoms with Crippen molar-refractivity contribution in [2.45, 2.75) is 67.2 Å². The summed E-state index contributed by atoms with van der Waals surface area (Å²) in [4.78, 5) is 81.5. The second kappa shape index (κ2) is 25.1. The highest BCUT2D eigenvalue weighted by Gasteiger charge is 2.41. The van der Waals surface area contributed by atoms with Crippen LogP contribution in [0.25, 0.3) is 0 Å². The fourth-order valence-electron chi connectivity index (χ4n) is 7.90. The van der Waals surface area contributed by atoms with E-state index in [9.17, 15) is 49.8 Å². The van der Waals surface area contributed by atoms with E-state index in [1.807, 2.05) is 70.0 Å². The number of carbonyl (C=O) groups excluding carboxylic acids is 6. The Kier molecular flexibility index (Phi) is 18.8. The summed E-state index contributed by atoms with van der Waals surface area (Å²) in [6, 6.07) is 20.8. The quantitative estimate of drug-likeness (QED) is 0.0654. The molecule has 0 aliphatic carbocycles. The van der Waals surface area contributed by atoms with E-state index in [1.54, 1.807) is 37.4 Å². The Hall–Kier alpha value is -9.18. The zero-order valence-corrected chi connectivity index (χ0v) is 41.9. The number of rotatable bonds is 19. The second-order valence-electron chi connectivity index (χ2n) is 16.6. The van der Waals surface area contributed by atoms with Gasteiger partial charge in [-0.15, -0.1) is 20.5 Å². The van der Waals surface area contributed by atoms with Crippen molar-refractivity contribution in [3.05, 3.63) is 93.0 Å². The van der Waals surface area contributed by atoms with Crippen molar-refractivity contribution in [3.8, 4) is 24.3 Å². The van der Waals surface area contributed by atoms with Crippen molar-refractivity contribution in [1.82, 2.24) is 9.80 Å². The molecule has 4 aromatic rings. The number of hydrogen-bond donors (Lipinski definition) is 2. The zero-order valence-electron chi connectivity index (χ0n) is 41.9. The number of nitrogens with one attached hydrogen (secondary N) is 2. The monoisotopic (exact) mass is 986 g/mol. The third-order valence-electron chi connectivity index (χ3n) is 11.7. The van der Waals surface area contributed by atoms with Gasteiger partial charge in [0.2, 0.25) is 11.8 Å². The minimum atomic E-state index is -0.590. The van der Waals surface area contributed by atoms with Crippen LogP contribution in [0.15, 0.2) is 69.0 Å². The van der Waals surface area contributed by atoms with Gasteiger partial charge in [0.1, 0.15) is 47.0 Å². The predicted octanol–water partition coefficient (Wildman–Crippen LogP) is 9.33. The van der Waals surface area contributed by atoms with E-state index in [2.05, 4.69) is 36.0 Å². The number of likely N-dealkylation sites (N-methyl/N-ethyl adjacent to an activating group) is 1. The van der Waals surface area contributed by atoms with Gasteiger partial charge < -0.3 is 25.2 Å². The molecule has 21 nitrogen and oxygen atoms in total. The lowest BCUT2D eigenvalue weighted by Crippen LogP contribution is -2.30. The molecule has 0 aromatic heterocycles. The van der Waals surface area contributed by atoms with Crippen molar-refractivity contribution in [3.63, 3.8) is 0 Å². The number of imide groups is 2. The first-order valence-corrected chi connectivity index (χ1v) is 23.4. The lowest BCUT2D eigenvalue weighted by atomic mass is 9.97. The molecule has 6 amide bonds. The van der Waals surface area contributed by atoms with Crippen LogP contribution in [0.5, 0.6) is 0 Å². The highest BCUT2D eigenvalue weighted by Crippen LogP contribution is 2.40. The molecule has 6 rings (SSSR count). The summed E-state index contributed by atoms with van der Waals surface area (Å²) in [5, 5.41) is 61.4. The molecule has 0 saturated carbocycles. The Labute approximate surface area is 423 Å². The second-order valence-corrected chi connectivity index (χ2v) is 16.6. The number of amides is 6. The zero-order chi connectivity index (χ0) is 53.5. The number of nitriles is 4. The minimum Gasteiger partial charge on any atom is -0.383 e. The van der Waals surface area contributed by atoms with E-state index >= 15 is 0 Å². The molecule has 0 radical (unpaired) electrons. The van der Waals surface area contributed by atoms with Gasteiger partial charge in [-0.2, -0.15) is 21.0 Å². The highest BCUT2D eigenvalue weighted by molar-refractivity contribution is 6.24. The van der Waals surface area contributed by atoms with Crippen LogP contribution < -0.4 is 20.4 Å². The number of azo groups is 2. The van der Waals surface area contributed by atoms with Gasteiger partial charge in [0.05, 0.1) is 62.5 Å². The average Bonchev–Trinajstić information content (AvgIpc) is 3.76. The van der Waals surface area contributed by atoms with Crippen LogP contribution in [0.1, 0.15) is 131 Å². The Balaban J connectivity index is 0.000000271. The normalized spacial score (nSPS) is 12.4. The van der Waals surface area contributed by atoms with Crippen LogP contribution in [0.3, 0.4) is 0 Å². The van der Waals surface area contributed by atoms with Crippen molar-refractivity contribution in [1.29, 1.82) is 21.0 Å². The summed E-state index contributed by atoms with van der Waals surface area (Å²) >= 11 is 0.